The van der Waals surface area contributed by atoms with Crippen LogP contribution >= 0.6 is 0 Å². The molecule has 1 aliphatic rings. The van der Waals surface area contributed by atoms with Crippen LogP contribution in [0.3, 0.4) is 0 Å². The molecule has 0 aliphatic carbocycles. The molecule has 3 heteroatoms. The molecule has 1 N–H and O–H groups in total. The van der Waals surface area contributed by atoms with Crippen LogP contribution in [0.25, 0.3) is 0 Å². The van der Waals surface area contributed by atoms with Gasteiger partial charge < -0.3 is 15.0 Å². The van der Waals surface area contributed by atoms with Crippen molar-refractivity contribution < 1.29 is 4.74 Å². The van der Waals surface area contributed by atoms with Gasteiger partial charge in [-0.15, -0.1) is 0 Å². The molecule has 0 radical (unpaired) electrons. The van der Waals surface area contributed by atoms with Gasteiger partial charge in [-0.2, -0.15) is 0 Å². The molecule has 0 bridgehead atoms. The number of ether oxygens (including phenoxy) is 1. The predicted octanol–water partition coefficient (Wildman–Crippen LogP) is 2.26. The Bertz CT molecular complexity index is 199. The molecular weight excluding hydrogens is 212 g/mol. The molecule has 0 amide bonds. The Balaban J connectivity index is 2.09. The summed E-state index contributed by atoms with van der Waals surface area (Å²) in [5.74, 6) is 0. The molecule has 1 heterocycles. The van der Waals surface area contributed by atoms with Crippen LogP contribution in [0.4, 0.5) is 0 Å². The van der Waals surface area contributed by atoms with E-state index in [0.717, 1.165) is 13.2 Å². The Hall–Kier alpha value is -0.120. The molecule has 0 aromatic carbocycles. The number of hydrogen-bond donors (Lipinski definition) is 1. The van der Waals surface area contributed by atoms with Crippen molar-refractivity contribution in [2.45, 2.75) is 64.6 Å². The van der Waals surface area contributed by atoms with E-state index in [2.05, 4.69) is 38.0 Å². The zero-order valence-electron chi connectivity index (χ0n) is 12.0. The number of nitrogens with zero attached hydrogens (tertiary/aromatic N) is 1. The summed E-state index contributed by atoms with van der Waals surface area (Å²) in [5, 5.41) is 3.54. The summed E-state index contributed by atoms with van der Waals surface area (Å²) in [6.07, 6.45) is 5.38. The molecule has 1 rings (SSSR count). The Morgan fingerprint density at radius 3 is 2.82 bits per heavy atom. The fourth-order valence-corrected chi connectivity index (χ4v) is 2.60. The minimum atomic E-state index is 0.413. The highest BCUT2D eigenvalue weighted by molar-refractivity contribution is 4.80. The monoisotopic (exact) mass is 242 g/mol. The lowest BCUT2D eigenvalue weighted by Gasteiger charge is -2.27. The maximum Gasteiger partial charge on any atom is 0.0702 e. The molecule has 0 saturated carbocycles. The molecule has 0 aromatic heterocycles. The van der Waals surface area contributed by atoms with Crippen molar-refractivity contribution in [1.82, 2.24) is 10.2 Å². The van der Waals surface area contributed by atoms with Gasteiger partial charge >= 0.3 is 0 Å². The fraction of sp³-hybridized carbons (Fsp3) is 1.00. The molecule has 0 aromatic rings. The third-order valence-electron chi connectivity index (χ3n) is 3.79. The molecular formula is C14H30N2O. The smallest absolute Gasteiger partial charge is 0.0702 e. The van der Waals surface area contributed by atoms with Crippen molar-refractivity contribution in [2.24, 2.45) is 0 Å². The maximum absolute atomic E-state index is 5.61. The molecule has 1 saturated heterocycles. The fourth-order valence-electron chi connectivity index (χ4n) is 2.60. The summed E-state index contributed by atoms with van der Waals surface area (Å²) in [6.45, 7) is 9.97. The normalized spacial score (nSPS) is 26.6. The van der Waals surface area contributed by atoms with Gasteiger partial charge in [0, 0.05) is 18.7 Å². The van der Waals surface area contributed by atoms with E-state index in [1.54, 1.807) is 0 Å². The summed E-state index contributed by atoms with van der Waals surface area (Å²) < 4.78 is 5.61. The molecule has 3 unspecified atom stereocenters. The van der Waals surface area contributed by atoms with Gasteiger partial charge in [-0.05, 0) is 59.7 Å². The molecule has 1 fully saturated rings. The summed E-state index contributed by atoms with van der Waals surface area (Å²) in [6, 6.07) is 1.29. The van der Waals surface area contributed by atoms with E-state index in [0.29, 0.717) is 18.2 Å². The van der Waals surface area contributed by atoms with Crippen LogP contribution in [-0.2, 0) is 4.74 Å². The predicted molar refractivity (Wildman–Crippen MR) is 73.4 cm³/mol. The van der Waals surface area contributed by atoms with E-state index in [-0.39, 0.29) is 0 Å². The first-order valence-corrected chi connectivity index (χ1v) is 7.20. The molecule has 3 atom stereocenters. The number of rotatable bonds is 8. The lowest BCUT2D eigenvalue weighted by Crippen LogP contribution is -2.38. The van der Waals surface area contributed by atoms with E-state index in [4.69, 9.17) is 4.74 Å². The van der Waals surface area contributed by atoms with Gasteiger partial charge in [0.25, 0.3) is 0 Å². The van der Waals surface area contributed by atoms with Crippen molar-refractivity contribution >= 4 is 0 Å². The van der Waals surface area contributed by atoms with Crippen LogP contribution in [-0.4, -0.2) is 49.8 Å². The summed E-state index contributed by atoms with van der Waals surface area (Å²) in [4.78, 5) is 2.48. The van der Waals surface area contributed by atoms with Crippen LogP contribution in [0, 0.1) is 0 Å². The molecule has 17 heavy (non-hydrogen) atoms. The first kappa shape index (κ1) is 14.9. The molecule has 3 nitrogen and oxygen atoms in total. The first-order chi connectivity index (χ1) is 8.15. The highest BCUT2D eigenvalue weighted by atomic mass is 16.5. The number of likely N-dealkylation sites (N-methyl/N-ethyl adjacent to an activating group) is 1. The average Bonchev–Trinajstić information content (AvgIpc) is 2.72. The van der Waals surface area contributed by atoms with Crippen molar-refractivity contribution in [3.05, 3.63) is 0 Å². The minimum Gasteiger partial charge on any atom is -0.377 e. The topological polar surface area (TPSA) is 24.5 Å². The van der Waals surface area contributed by atoms with Crippen LogP contribution in [0.15, 0.2) is 0 Å². The molecule has 0 spiro atoms. The standard InChI is InChI=1S/C14H30N2O/c1-5-9-15-12(2)7-6-10-16(4)14-8-11-17-13(14)3/h12-15H,5-11H2,1-4H3. The van der Waals surface area contributed by atoms with Gasteiger partial charge in [0.1, 0.15) is 0 Å². The third kappa shape index (κ3) is 5.36. The number of hydrogen-bond acceptors (Lipinski definition) is 3. The zero-order valence-corrected chi connectivity index (χ0v) is 12.0. The summed E-state index contributed by atoms with van der Waals surface area (Å²) in [5.41, 5.74) is 0. The van der Waals surface area contributed by atoms with E-state index >= 15 is 0 Å². The van der Waals surface area contributed by atoms with Crippen molar-refractivity contribution in [3.63, 3.8) is 0 Å². The lowest BCUT2D eigenvalue weighted by molar-refractivity contribution is 0.0830. The van der Waals surface area contributed by atoms with Crippen molar-refractivity contribution in [3.8, 4) is 0 Å². The first-order valence-electron chi connectivity index (χ1n) is 7.20. The molecule has 1 aliphatic heterocycles. The summed E-state index contributed by atoms with van der Waals surface area (Å²) >= 11 is 0. The van der Waals surface area contributed by atoms with Crippen LogP contribution in [0.1, 0.15) is 46.5 Å². The van der Waals surface area contributed by atoms with Gasteiger partial charge in [-0.1, -0.05) is 6.92 Å². The highest BCUT2D eigenvalue weighted by Crippen LogP contribution is 2.18. The van der Waals surface area contributed by atoms with E-state index in [1.807, 2.05) is 0 Å². The Morgan fingerprint density at radius 2 is 2.24 bits per heavy atom. The van der Waals surface area contributed by atoms with Crippen LogP contribution < -0.4 is 5.32 Å². The summed E-state index contributed by atoms with van der Waals surface area (Å²) in [7, 11) is 2.24. The Kier molecular flexibility index (Phi) is 7.09. The van der Waals surface area contributed by atoms with Gasteiger partial charge in [-0.25, -0.2) is 0 Å². The van der Waals surface area contributed by atoms with Crippen molar-refractivity contribution in [2.75, 3.05) is 26.7 Å². The van der Waals surface area contributed by atoms with Crippen LogP contribution in [0.2, 0.25) is 0 Å². The lowest BCUT2D eigenvalue weighted by atomic mass is 10.1. The average molecular weight is 242 g/mol. The largest absolute Gasteiger partial charge is 0.377 e. The van der Waals surface area contributed by atoms with Gasteiger partial charge in [0.2, 0.25) is 0 Å². The molecule has 102 valence electrons. The van der Waals surface area contributed by atoms with Crippen LogP contribution in [0.5, 0.6) is 0 Å². The van der Waals surface area contributed by atoms with E-state index in [9.17, 15) is 0 Å². The Labute approximate surface area is 107 Å². The SMILES string of the molecule is CCCNC(C)CCCN(C)C1CCOC1C. The van der Waals surface area contributed by atoms with E-state index in [1.165, 1.54) is 32.2 Å². The van der Waals surface area contributed by atoms with Crippen molar-refractivity contribution in [1.29, 1.82) is 0 Å². The second-order valence-corrected chi connectivity index (χ2v) is 5.41. The second-order valence-electron chi connectivity index (χ2n) is 5.41. The zero-order chi connectivity index (χ0) is 12.7. The minimum absolute atomic E-state index is 0.413. The maximum atomic E-state index is 5.61. The quantitative estimate of drug-likeness (QED) is 0.706. The van der Waals surface area contributed by atoms with Gasteiger partial charge in [-0.3, -0.25) is 0 Å². The third-order valence-corrected chi connectivity index (χ3v) is 3.79. The van der Waals surface area contributed by atoms with Gasteiger partial charge in [0.15, 0.2) is 0 Å². The second kappa shape index (κ2) is 8.06. The highest BCUT2D eigenvalue weighted by Gasteiger charge is 2.27. The number of nitrogens with one attached hydrogen (secondary N) is 1. The van der Waals surface area contributed by atoms with Gasteiger partial charge in [0.05, 0.1) is 6.10 Å². The van der Waals surface area contributed by atoms with E-state index < -0.39 is 0 Å². The Morgan fingerprint density at radius 1 is 1.47 bits per heavy atom.